The molecule has 2 atom stereocenters. The molecule has 172 valence electrons. The number of hydrogen-bond acceptors (Lipinski definition) is 6. The monoisotopic (exact) mass is 449 g/mol. The van der Waals surface area contributed by atoms with Gasteiger partial charge in [0, 0.05) is 12.0 Å². The second kappa shape index (κ2) is 8.81. The van der Waals surface area contributed by atoms with E-state index in [1.807, 2.05) is 44.2 Å². The number of aliphatic carboxylic acids is 1. The molecule has 1 aliphatic carbocycles. The van der Waals surface area contributed by atoms with Gasteiger partial charge >= 0.3 is 5.97 Å². The summed E-state index contributed by atoms with van der Waals surface area (Å²) in [6, 6.07) is 11.7. The van der Waals surface area contributed by atoms with Gasteiger partial charge in [-0.15, -0.1) is 0 Å². The van der Waals surface area contributed by atoms with Crippen molar-refractivity contribution in [3.63, 3.8) is 0 Å². The highest BCUT2D eigenvalue weighted by Gasteiger charge is 2.33. The van der Waals surface area contributed by atoms with Crippen LogP contribution in [0.15, 0.2) is 40.8 Å². The first kappa shape index (κ1) is 21.4. The lowest BCUT2D eigenvalue weighted by Gasteiger charge is -2.19. The van der Waals surface area contributed by atoms with E-state index in [-0.39, 0.29) is 18.6 Å². The van der Waals surface area contributed by atoms with E-state index in [0.717, 1.165) is 46.9 Å². The van der Waals surface area contributed by atoms with Crippen LogP contribution in [0.2, 0.25) is 0 Å². The molecule has 1 N–H and O–H groups in total. The van der Waals surface area contributed by atoms with Gasteiger partial charge in [0.1, 0.15) is 11.5 Å². The summed E-state index contributed by atoms with van der Waals surface area (Å²) in [4.78, 5) is 16.2. The van der Waals surface area contributed by atoms with Crippen LogP contribution < -0.4 is 14.2 Å². The van der Waals surface area contributed by atoms with E-state index in [1.165, 1.54) is 5.56 Å². The van der Waals surface area contributed by atoms with Crippen LogP contribution in [0.3, 0.4) is 0 Å². The van der Waals surface area contributed by atoms with Crippen molar-refractivity contribution in [1.82, 2.24) is 4.98 Å². The molecule has 2 aliphatic rings. The molecule has 0 fully saturated rings. The molecule has 7 heteroatoms. The first-order chi connectivity index (χ1) is 16.0. The Hall–Kier alpha value is -3.48. The van der Waals surface area contributed by atoms with Gasteiger partial charge in [0.25, 0.3) is 0 Å². The van der Waals surface area contributed by atoms with E-state index in [1.54, 1.807) is 0 Å². The van der Waals surface area contributed by atoms with Gasteiger partial charge in [0.05, 0.1) is 18.2 Å². The number of carboxylic acids is 1. The fraction of sp³-hybridized carbons (Fsp3) is 0.385. The molecule has 0 amide bonds. The highest BCUT2D eigenvalue weighted by molar-refractivity contribution is 5.72. The van der Waals surface area contributed by atoms with Crippen LogP contribution in [0.25, 0.3) is 11.5 Å². The van der Waals surface area contributed by atoms with Crippen molar-refractivity contribution in [2.45, 2.75) is 45.4 Å². The molecule has 3 aromatic rings. The number of aromatic nitrogens is 1. The molecule has 0 saturated heterocycles. The third-order valence-corrected chi connectivity index (χ3v) is 6.60. The topological polar surface area (TPSA) is 91.0 Å². The molecular formula is C26H27NO6. The summed E-state index contributed by atoms with van der Waals surface area (Å²) in [6.07, 6.45) is 3.03. The number of ether oxygens (including phenoxy) is 3. The number of oxazole rings is 1. The molecule has 2 unspecified atom stereocenters. The quantitative estimate of drug-likeness (QED) is 0.509. The molecule has 5 rings (SSSR count). The summed E-state index contributed by atoms with van der Waals surface area (Å²) in [7, 11) is 0. The molecule has 0 bridgehead atoms. The average molecular weight is 450 g/mol. The largest absolute Gasteiger partial charge is 0.493 e. The first-order valence-electron chi connectivity index (χ1n) is 11.4. The lowest BCUT2D eigenvalue weighted by Crippen LogP contribution is -2.19. The van der Waals surface area contributed by atoms with Crippen LogP contribution in [0.5, 0.6) is 17.2 Å². The molecular weight excluding hydrogens is 422 g/mol. The van der Waals surface area contributed by atoms with Crippen molar-refractivity contribution < 1.29 is 28.5 Å². The fourth-order valence-corrected chi connectivity index (χ4v) is 4.84. The Kier molecular flexibility index (Phi) is 5.70. The first-order valence-corrected chi connectivity index (χ1v) is 11.4. The Balaban J connectivity index is 1.22. The smallest absolute Gasteiger partial charge is 0.307 e. The second-order valence-electron chi connectivity index (χ2n) is 8.55. The highest BCUT2D eigenvalue weighted by Crippen LogP contribution is 2.41. The lowest BCUT2D eigenvalue weighted by atomic mass is 9.85. The summed E-state index contributed by atoms with van der Waals surface area (Å²) < 4.78 is 22.7. The van der Waals surface area contributed by atoms with Gasteiger partial charge in [-0.05, 0) is 73.6 Å². The lowest BCUT2D eigenvalue weighted by molar-refractivity contribution is -0.142. The zero-order valence-electron chi connectivity index (χ0n) is 18.8. The number of fused-ring (bicyclic) bond motifs is 2. The third-order valence-electron chi connectivity index (χ3n) is 6.60. The maximum Gasteiger partial charge on any atom is 0.307 e. The van der Waals surface area contributed by atoms with Gasteiger partial charge in [0.2, 0.25) is 12.7 Å². The predicted octanol–water partition coefficient (Wildman–Crippen LogP) is 5.14. The molecule has 0 radical (unpaired) electrons. The number of benzene rings is 2. The van der Waals surface area contributed by atoms with Crippen molar-refractivity contribution in [3.05, 3.63) is 59.0 Å². The predicted molar refractivity (Wildman–Crippen MR) is 121 cm³/mol. The summed E-state index contributed by atoms with van der Waals surface area (Å²) in [6.45, 7) is 4.55. The van der Waals surface area contributed by atoms with Crippen LogP contribution in [0, 0.1) is 12.8 Å². The van der Waals surface area contributed by atoms with Crippen molar-refractivity contribution in [2.75, 3.05) is 13.4 Å². The fourth-order valence-electron chi connectivity index (χ4n) is 4.84. The van der Waals surface area contributed by atoms with Gasteiger partial charge in [-0.1, -0.05) is 13.0 Å². The van der Waals surface area contributed by atoms with Crippen LogP contribution in [-0.4, -0.2) is 29.5 Å². The normalized spacial score (nSPS) is 17.1. The number of carbonyl (C=O) groups is 1. The van der Waals surface area contributed by atoms with Gasteiger partial charge in [0.15, 0.2) is 11.5 Å². The minimum absolute atomic E-state index is 0.0870. The van der Waals surface area contributed by atoms with Crippen LogP contribution >= 0.6 is 0 Å². The Morgan fingerprint density at radius 1 is 1.21 bits per heavy atom. The summed E-state index contributed by atoms with van der Waals surface area (Å²) in [5.74, 6) is 2.59. The second-order valence-corrected chi connectivity index (χ2v) is 8.55. The molecule has 33 heavy (non-hydrogen) atoms. The average Bonchev–Trinajstić information content (AvgIpc) is 3.52. The number of aryl methyl sites for hydroxylation is 2. The number of rotatable bonds is 8. The van der Waals surface area contributed by atoms with Crippen molar-refractivity contribution in [1.29, 1.82) is 0 Å². The zero-order chi connectivity index (χ0) is 22.9. The maximum absolute atomic E-state index is 11.6. The zero-order valence-corrected chi connectivity index (χ0v) is 18.8. The molecule has 0 saturated carbocycles. The van der Waals surface area contributed by atoms with E-state index in [9.17, 15) is 9.90 Å². The molecule has 0 spiro atoms. The van der Waals surface area contributed by atoms with E-state index in [2.05, 4.69) is 11.1 Å². The van der Waals surface area contributed by atoms with Gasteiger partial charge in [-0.2, -0.15) is 0 Å². The minimum Gasteiger partial charge on any atom is -0.493 e. The Morgan fingerprint density at radius 3 is 2.88 bits per heavy atom. The Labute approximate surface area is 192 Å². The summed E-state index contributed by atoms with van der Waals surface area (Å²) >= 11 is 0. The number of nitrogens with zero attached hydrogens (tertiary/aromatic N) is 1. The van der Waals surface area contributed by atoms with Gasteiger partial charge in [-0.25, -0.2) is 4.98 Å². The molecule has 2 heterocycles. The van der Waals surface area contributed by atoms with Gasteiger partial charge in [-0.3, -0.25) is 4.79 Å². The maximum atomic E-state index is 11.6. The van der Waals surface area contributed by atoms with E-state index in [4.69, 9.17) is 18.6 Å². The van der Waals surface area contributed by atoms with Crippen molar-refractivity contribution in [3.8, 4) is 28.7 Å². The Morgan fingerprint density at radius 2 is 2.06 bits per heavy atom. The summed E-state index contributed by atoms with van der Waals surface area (Å²) in [5, 5.41) is 9.53. The number of carboxylic acid groups (broad SMARTS) is 1. The molecule has 1 aliphatic heterocycles. The SMILES string of the molecule is CCC(C(=O)O)C1CCc2cc(OCCc3nc(-c4ccc5c(c4)OCO5)oc3C)ccc21. The van der Waals surface area contributed by atoms with Crippen LogP contribution in [0.1, 0.15) is 48.3 Å². The molecule has 7 nitrogen and oxygen atoms in total. The van der Waals surface area contributed by atoms with E-state index in [0.29, 0.717) is 31.1 Å². The molecule has 1 aromatic heterocycles. The molecule has 2 aromatic carbocycles. The highest BCUT2D eigenvalue weighted by atomic mass is 16.7. The standard InChI is InChI=1S/C26H27NO6/c1-3-19(26(28)29)21-7-4-16-12-18(6-8-20(16)21)30-11-10-22-15(2)33-25(27-22)17-5-9-23-24(13-17)32-14-31-23/h5-6,8-9,12-13,19,21H,3-4,7,10-11,14H2,1-2H3,(H,28,29). The van der Waals surface area contributed by atoms with Crippen molar-refractivity contribution in [2.24, 2.45) is 5.92 Å². The Bertz CT molecular complexity index is 1180. The number of hydrogen-bond donors (Lipinski definition) is 1. The summed E-state index contributed by atoms with van der Waals surface area (Å²) in [5.41, 5.74) is 4.04. The third kappa shape index (κ3) is 4.15. The van der Waals surface area contributed by atoms with Crippen LogP contribution in [-0.2, 0) is 17.6 Å². The van der Waals surface area contributed by atoms with Crippen LogP contribution in [0.4, 0.5) is 0 Å². The minimum atomic E-state index is -0.709. The van der Waals surface area contributed by atoms with E-state index >= 15 is 0 Å². The van der Waals surface area contributed by atoms with Crippen molar-refractivity contribution >= 4 is 5.97 Å². The van der Waals surface area contributed by atoms with E-state index < -0.39 is 5.97 Å². The van der Waals surface area contributed by atoms with Gasteiger partial charge < -0.3 is 23.7 Å².